The zero-order valence-corrected chi connectivity index (χ0v) is 18.0. The second-order valence-corrected chi connectivity index (χ2v) is 7.96. The fraction of sp³-hybridized carbons (Fsp3) is 0.455. The number of nitrogens with one attached hydrogen (secondary N) is 1. The minimum atomic E-state index is -0.415. The van der Waals surface area contributed by atoms with Crippen molar-refractivity contribution in [3.05, 3.63) is 57.7 Å². The smallest absolute Gasteiger partial charge is 0.297 e. The largest absolute Gasteiger partial charge is 0.360 e. The van der Waals surface area contributed by atoms with E-state index in [0.717, 1.165) is 44.0 Å². The first-order valence-corrected chi connectivity index (χ1v) is 10.6. The van der Waals surface area contributed by atoms with Crippen molar-refractivity contribution < 1.29 is 9.32 Å². The molecule has 3 aromatic rings. The molecule has 1 aliphatic rings. The summed E-state index contributed by atoms with van der Waals surface area (Å²) in [4.78, 5) is 29.6. The Kier molecular flexibility index (Phi) is 6.43. The van der Waals surface area contributed by atoms with Gasteiger partial charge in [-0.2, -0.15) is 5.10 Å². The van der Waals surface area contributed by atoms with Crippen LogP contribution in [0.2, 0.25) is 0 Å². The Morgan fingerprint density at radius 2 is 1.81 bits per heavy atom. The molecule has 2 aromatic heterocycles. The highest BCUT2D eigenvalue weighted by Crippen LogP contribution is 2.16. The number of carbonyl (C=O) groups excluding carboxylic acids is 1. The Balaban J connectivity index is 1.22. The third kappa shape index (κ3) is 5.00. The van der Waals surface area contributed by atoms with Crippen molar-refractivity contribution in [2.45, 2.75) is 26.9 Å². The molecule has 0 radical (unpaired) electrons. The zero-order valence-electron chi connectivity index (χ0n) is 18.0. The summed E-state index contributed by atoms with van der Waals surface area (Å²) in [5.41, 5.74) is 1.75. The lowest BCUT2D eigenvalue weighted by Gasteiger charge is -2.34. The lowest BCUT2D eigenvalue weighted by Crippen LogP contribution is -2.48. The van der Waals surface area contributed by atoms with Crippen LogP contribution in [-0.2, 0) is 17.9 Å². The van der Waals surface area contributed by atoms with E-state index in [1.165, 1.54) is 5.56 Å². The summed E-state index contributed by atoms with van der Waals surface area (Å²) < 4.78 is 6.25. The van der Waals surface area contributed by atoms with Gasteiger partial charge in [0.05, 0.1) is 11.1 Å². The quantitative estimate of drug-likeness (QED) is 0.603. The van der Waals surface area contributed by atoms with E-state index in [0.29, 0.717) is 23.4 Å². The molecular weight excluding hydrogens is 396 g/mol. The molecule has 1 amide bonds. The number of rotatable bonds is 7. The number of carbonyl (C=O) groups is 1. The third-order valence-corrected chi connectivity index (χ3v) is 5.69. The van der Waals surface area contributed by atoms with E-state index in [9.17, 15) is 9.59 Å². The Hall–Kier alpha value is -3.04. The fourth-order valence-electron chi connectivity index (χ4n) is 4.01. The van der Waals surface area contributed by atoms with Crippen molar-refractivity contribution in [2.75, 3.05) is 39.3 Å². The Bertz CT molecular complexity index is 1100. The van der Waals surface area contributed by atoms with Gasteiger partial charge >= 0.3 is 0 Å². The first-order valence-electron chi connectivity index (χ1n) is 10.6. The summed E-state index contributed by atoms with van der Waals surface area (Å²) in [6.45, 7) is 9.66. The summed E-state index contributed by atoms with van der Waals surface area (Å²) in [6, 6.07) is 10.5. The normalized spacial score (nSPS) is 15.4. The van der Waals surface area contributed by atoms with E-state index in [-0.39, 0.29) is 18.0 Å². The number of hydrogen-bond donors (Lipinski definition) is 1. The summed E-state index contributed by atoms with van der Waals surface area (Å²) in [6.07, 6.45) is 0. The molecule has 0 bridgehead atoms. The molecule has 0 aliphatic carbocycles. The molecule has 9 heteroatoms. The molecule has 0 spiro atoms. The number of amides is 1. The summed E-state index contributed by atoms with van der Waals surface area (Å²) in [7, 11) is 0. The maximum atomic E-state index is 12.5. The van der Waals surface area contributed by atoms with Crippen molar-refractivity contribution in [2.24, 2.45) is 0 Å². The number of nitrogens with zero attached hydrogens (tertiary/aromatic N) is 5. The van der Waals surface area contributed by atoms with Crippen LogP contribution in [0.3, 0.4) is 0 Å². The SMILES string of the molecule is Cc1nn(CC(=O)NCCN2CCN(Cc3ccccc3)CC2)c(=O)c2noc(C)c12. The Morgan fingerprint density at radius 3 is 2.55 bits per heavy atom. The van der Waals surface area contributed by atoms with E-state index in [1.807, 2.05) is 6.07 Å². The second-order valence-electron chi connectivity index (χ2n) is 7.96. The number of piperazine rings is 1. The van der Waals surface area contributed by atoms with Crippen molar-refractivity contribution in [1.82, 2.24) is 30.1 Å². The molecule has 4 rings (SSSR count). The number of aryl methyl sites for hydroxylation is 2. The lowest BCUT2D eigenvalue weighted by molar-refractivity contribution is -0.122. The van der Waals surface area contributed by atoms with E-state index in [4.69, 9.17) is 4.52 Å². The van der Waals surface area contributed by atoms with Crippen molar-refractivity contribution in [3.63, 3.8) is 0 Å². The molecule has 0 saturated carbocycles. The molecule has 3 heterocycles. The number of hydrogen-bond acceptors (Lipinski definition) is 7. The number of aromatic nitrogens is 3. The van der Waals surface area contributed by atoms with Gasteiger partial charge in [-0.25, -0.2) is 4.68 Å². The van der Waals surface area contributed by atoms with E-state index in [2.05, 4.69) is 49.6 Å². The van der Waals surface area contributed by atoms with Gasteiger partial charge in [-0.15, -0.1) is 0 Å². The molecule has 1 N–H and O–H groups in total. The van der Waals surface area contributed by atoms with E-state index >= 15 is 0 Å². The lowest BCUT2D eigenvalue weighted by atomic mass is 10.2. The van der Waals surface area contributed by atoms with Crippen LogP contribution in [0.5, 0.6) is 0 Å². The molecule has 31 heavy (non-hydrogen) atoms. The Labute approximate surface area is 180 Å². The van der Waals surface area contributed by atoms with Crippen LogP contribution in [0.4, 0.5) is 0 Å². The second kappa shape index (κ2) is 9.40. The number of benzene rings is 1. The van der Waals surface area contributed by atoms with Crippen LogP contribution in [0.1, 0.15) is 17.0 Å². The van der Waals surface area contributed by atoms with Gasteiger partial charge in [0.25, 0.3) is 5.56 Å². The van der Waals surface area contributed by atoms with Crippen molar-refractivity contribution in [3.8, 4) is 0 Å². The molecule has 1 aliphatic heterocycles. The van der Waals surface area contributed by atoms with Gasteiger partial charge in [0.1, 0.15) is 12.3 Å². The highest BCUT2D eigenvalue weighted by molar-refractivity contribution is 5.82. The first-order chi connectivity index (χ1) is 15.0. The summed E-state index contributed by atoms with van der Waals surface area (Å²) in [5.74, 6) is 0.314. The predicted octanol–water partition coefficient (Wildman–Crippen LogP) is 0.935. The van der Waals surface area contributed by atoms with Crippen LogP contribution in [0.15, 0.2) is 39.6 Å². The Morgan fingerprint density at radius 1 is 1.10 bits per heavy atom. The summed E-state index contributed by atoms with van der Waals surface area (Å²) >= 11 is 0. The van der Waals surface area contributed by atoms with Gasteiger partial charge in [-0.1, -0.05) is 35.5 Å². The molecule has 0 unspecified atom stereocenters. The highest BCUT2D eigenvalue weighted by Gasteiger charge is 2.18. The van der Waals surface area contributed by atoms with Crippen LogP contribution in [0.25, 0.3) is 10.9 Å². The molecule has 1 saturated heterocycles. The van der Waals surface area contributed by atoms with Crippen molar-refractivity contribution >= 4 is 16.8 Å². The average Bonchev–Trinajstić information content (AvgIpc) is 3.16. The predicted molar refractivity (Wildman–Crippen MR) is 117 cm³/mol. The minimum absolute atomic E-state index is 0.133. The molecular formula is C22H28N6O3. The molecule has 0 atom stereocenters. The van der Waals surface area contributed by atoms with Crippen LogP contribution in [-0.4, -0.2) is 69.9 Å². The standard InChI is InChI=1S/C22H28N6O3/c1-16-20-17(2)31-25-21(20)22(30)28(24-16)15-19(29)23-8-9-26-10-12-27(13-11-26)14-18-6-4-3-5-7-18/h3-7H,8-15H2,1-2H3,(H,23,29). The van der Waals surface area contributed by atoms with Gasteiger partial charge in [0.2, 0.25) is 5.91 Å². The van der Waals surface area contributed by atoms with Crippen LogP contribution >= 0.6 is 0 Å². The highest BCUT2D eigenvalue weighted by atomic mass is 16.5. The first kappa shape index (κ1) is 21.2. The van der Waals surface area contributed by atoms with Gasteiger partial charge in [0, 0.05) is 45.8 Å². The minimum Gasteiger partial charge on any atom is -0.360 e. The maximum absolute atomic E-state index is 12.5. The fourth-order valence-corrected chi connectivity index (χ4v) is 4.01. The van der Waals surface area contributed by atoms with Gasteiger partial charge in [-0.05, 0) is 19.4 Å². The molecule has 1 aromatic carbocycles. The van der Waals surface area contributed by atoms with Crippen molar-refractivity contribution in [1.29, 1.82) is 0 Å². The van der Waals surface area contributed by atoms with E-state index in [1.54, 1.807) is 13.8 Å². The average molecular weight is 425 g/mol. The molecule has 164 valence electrons. The maximum Gasteiger partial charge on any atom is 0.297 e. The monoisotopic (exact) mass is 424 g/mol. The topological polar surface area (TPSA) is 96.5 Å². The van der Waals surface area contributed by atoms with Gasteiger partial charge < -0.3 is 9.84 Å². The van der Waals surface area contributed by atoms with Crippen LogP contribution < -0.4 is 10.9 Å². The number of fused-ring (bicyclic) bond motifs is 1. The van der Waals surface area contributed by atoms with Gasteiger partial charge in [-0.3, -0.25) is 19.4 Å². The zero-order chi connectivity index (χ0) is 21.8. The summed E-state index contributed by atoms with van der Waals surface area (Å²) in [5, 5.41) is 11.6. The van der Waals surface area contributed by atoms with E-state index < -0.39 is 5.56 Å². The third-order valence-electron chi connectivity index (χ3n) is 5.69. The molecule has 1 fully saturated rings. The van der Waals surface area contributed by atoms with Crippen LogP contribution in [0, 0.1) is 13.8 Å². The molecule has 9 nitrogen and oxygen atoms in total. The van der Waals surface area contributed by atoms with Gasteiger partial charge in [0.15, 0.2) is 5.52 Å².